The number of halogens is 4. The predicted octanol–water partition coefficient (Wildman–Crippen LogP) is 2.67. The van der Waals surface area contributed by atoms with Gasteiger partial charge in [0.15, 0.2) is 0 Å². The third-order valence-electron chi connectivity index (χ3n) is 3.15. The Kier molecular flexibility index (Phi) is 8.67. The first kappa shape index (κ1) is 19.1. The van der Waals surface area contributed by atoms with Crippen LogP contribution in [0.5, 0.6) is 0 Å². The van der Waals surface area contributed by atoms with Crippen LogP contribution >= 0.6 is 24.8 Å². The molecule has 1 fully saturated rings. The molecule has 1 saturated heterocycles. The van der Waals surface area contributed by atoms with E-state index in [0.717, 1.165) is 32.2 Å². The van der Waals surface area contributed by atoms with Gasteiger partial charge in [0, 0.05) is 38.3 Å². The van der Waals surface area contributed by atoms with Gasteiger partial charge in [0.2, 0.25) is 0 Å². The number of nitrogens with zero attached hydrogens (tertiary/aromatic N) is 2. The third kappa shape index (κ3) is 4.88. The van der Waals surface area contributed by atoms with E-state index in [2.05, 4.69) is 16.3 Å². The van der Waals surface area contributed by atoms with Gasteiger partial charge in [-0.05, 0) is 17.7 Å². The summed E-state index contributed by atoms with van der Waals surface area (Å²) in [5.74, 6) is -1.19. The highest BCUT2D eigenvalue weighted by molar-refractivity contribution is 5.85. The summed E-state index contributed by atoms with van der Waals surface area (Å²) < 4.78 is 26.5. The molecule has 7 heteroatoms. The van der Waals surface area contributed by atoms with E-state index in [0.29, 0.717) is 5.56 Å². The van der Waals surface area contributed by atoms with Crippen molar-refractivity contribution in [2.24, 2.45) is 0 Å². The highest BCUT2D eigenvalue weighted by Crippen LogP contribution is 2.25. The average Bonchev–Trinajstić information content (AvgIpc) is 2.36. The molecule has 0 amide bonds. The smallest absolute Gasteiger partial charge is 0.126 e. The van der Waals surface area contributed by atoms with Crippen LogP contribution in [0.4, 0.5) is 8.78 Å². The first-order valence-electron chi connectivity index (χ1n) is 5.98. The Morgan fingerprint density at radius 3 is 2.20 bits per heavy atom. The lowest BCUT2D eigenvalue weighted by Gasteiger charge is -2.34. The Bertz CT molecular complexity index is 439. The molecule has 2 rings (SSSR count). The van der Waals surface area contributed by atoms with Crippen molar-refractivity contribution < 1.29 is 8.78 Å². The van der Waals surface area contributed by atoms with Gasteiger partial charge in [0.05, 0.1) is 12.5 Å². The molecule has 1 N–H and O–H groups in total. The van der Waals surface area contributed by atoms with E-state index in [1.54, 1.807) is 0 Å². The molecule has 112 valence electrons. The zero-order valence-corrected chi connectivity index (χ0v) is 12.4. The molecular formula is C13H17Cl2F2N3. The molecule has 0 bridgehead atoms. The molecule has 1 aromatic carbocycles. The van der Waals surface area contributed by atoms with Crippen molar-refractivity contribution in [1.82, 2.24) is 10.2 Å². The van der Waals surface area contributed by atoms with Crippen LogP contribution in [0.25, 0.3) is 0 Å². The van der Waals surface area contributed by atoms with Crippen molar-refractivity contribution in [2.75, 3.05) is 26.2 Å². The van der Waals surface area contributed by atoms with Crippen molar-refractivity contribution in [2.45, 2.75) is 12.5 Å². The van der Waals surface area contributed by atoms with Crippen LogP contribution in [0.2, 0.25) is 0 Å². The van der Waals surface area contributed by atoms with Gasteiger partial charge in [-0.1, -0.05) is 0 Å². The standard InChI is InChI=1S/C13H15F2N3.2ClH/c14-11-7-10(8-12(15)9-11)13(1-2-16)18-5-3-17-4-6-18;;/h7-9,13,17H,1,3-6H2;2*1H/t13-;;/m0../s1. The zero-order valence-electron chi connectivity index (χ0n) is 10.8. The minimum absolute atomic E-state index is 0. The monoisotopic (exact) mass is 323 g/mol. The Hall–Kier alpha value is -0.930. The van der Waals surface area contributed by atoms with Crippen molar-refractivity contribution in [3.05, 3.63) is 35.4 Å². The molecule has 1 aromatic rings. The number of nitriles is 1. The highest BCUT2D eigenvalue weighted by atomic mass is 35.5. The second kappa shape index (κ2) is 9.09. The lowest BCUT2D eigenvalue weighted by molar-refractivity contribution is 0.175. The van der Waals surface area contributed by atoms with E-state index >= 15 is 0 Å². The lowest BCUT2D eigenvalue weighted by atomic mass is 10.0. The maximum Gasteiger partial charge on any atom is 0.126 e. The van der Waals surface area contributed by atoms with Crippen LogP contribution in [0.1, 0.15) is 18.0 Å². The molecule has 1 heterocycles. The molecule has 0 aromatic heterocycles. The van der Waals surface area contributed by atoms with Gasteiger partial charge in [-0.15, -0.1) is 24.8 Å². The summed E-state index contributed by atoms with van der Waals surface area (Å²) in [6.45, 7) is 3.23. The summed E-state index contributed by atoms with van der Waals surface area (Å²) in [6, 6.07) is 5.34. The summed E-state index contributed by atoms with van der Waals surface area (Å²) in [7, 11) is 0. The number of rotatable bonds is 3. The Balaban J connectivity index is 0.00000180. The largest absolute Gasteiger partial charge is 0.314 e. The normalized spacial score (nSPS) is 16.4. The zero-order chi connectivity index (χ0) is 13.0. The number of hydrogen-bond acceptors (Lipinski definition) is 3. The lowest BCUT2D eigenvalue weighted by Crippen LogP contribution is -2.45. The Morgan fingerprint density at radius 1 is 1.15 bits per heavy atom. The van der Waals surface area contributed by atoms with Crippen LogP contribution in [0.3, 0.4) is 0 Å². The van der Waals surface area contributed by atoms with Gasteiger partial charge >= 0.3 is 0 Å². The molecule has 0 aliphatic carbocycles. The second-order valence-electron chi connectivity index (χ2n) is 4.37. The number of nitrogens with one attached hydrogen (secondary N) is 1. The van der Waals surface area contributed by atoms with Crippen molar-refractivity contribution in [3.63, 3.8) is 0 Å². The summed E-state index contributed by atoms with van der Waals surface area (Å²) in [5, 5.41) is 12.1. The molecule has 3 nitrogen and oxygen atoms in total. The van der Waals surface area contributed by atoms with E-state index in [-0.39, 0.29) is 37.3 Å². The van der Waals surface area contributed by atoms with E-state index in [4.69, 9.17) is 5.26 Å². The summed E-state index contributed by atoms with van der Waals surface area (Å²) in [6.07, 6.45) is 0.239. The third-order valence-corrected chi connectivity index (χ3v) is 3.15. The van der Waals surface area contributed by atoms with Crippen LogP contribution in [0.15, 0.2) is 18.2 Å². The average molecular weight is 324 g/mol. The van der Waals surface area contributed by atoms with Crippen LogP contribution in [-0.4, -0.2) is 31.1 Å². The summed E-state index contributed by atoms with van der Waals surface area (Å²) in [4.78, 5) is 2.09. The van der Waals surface area contributed by atoms with Gasteiger partial charge in [-0.2, -0.15) is 5.26 Å². The Labute approximate surface area is 129 Å². The molecule has 0 saturated carbocycles. The van der Waals surface area contributed by atoms with Crippen LogP contribution in [-0.2, 0) is 0 Å². The summed E-state index contributed by atoms with van der Waals surface area (Å²) >= 11 is 0. The molecule has 0 spiro atoms. The molecule has 1 atom stereocenters. The van der Waals surface area contributed by atoms with E-state index in [1.807, 2.05) is 0 Å². The topological polar surface area (TPSA) is 39.1 Å². The molecule has 0 unspecified atom stereocenters. The second-order valence-corrected chi connectivity index (χ2v) is 4.37. The predicted molar refractivity (Wildman–Crippen MR) is 78.3 cm³/mol. The molecule has 0 radical (unpaired) electrons. The van der Waals surface area contributed by atoms with Crippen molar-refractivity contribution in [3.8, 4) is 6.07 Å². The van der Waals surface area contributed by atoms with E-state index in [1.165, 1.54) is 12.1 Å². The number of benzene rings is 1. The Morgan fingerprint density at radius 2 is 1.70 bits per heavy atom. The maximum atomic E-state index is 13.2. The van der Waals surface area contributed by atoms with Crippen LogP contribution in [0, 0.1) is 23.0 Å². The summed E-state index contributed by atoms with van der Waals surface area (Å²) in [5.41, 5.74) is 0.538. The fourth-order valence-corrected chi connectivity index (χ4v) is 2.31. The van der Waals surface area contributed by atoms with E-state index < -0.39 is 11.6 Å². The fourth-order valence-electron chi connectivity index (χ4n) is 2.31. The first-order chi connectivity index (χ1) is 8.70. The quantitative estimate of drug-likeness (QED) is 0.929. The molecule has 1 aliphatic heterocycles. The van der Waals surface area contributed by atoms with Crippen molar-refractivity contribution in [1.29, 1.82) is 5.26 Å². The highest BCUT2D eigenvalue weighted by Gasteiger charge is 2.22. The SMILES string of the molecule is Cl.Cl.N#CC[C@@H](c1cc(F)cc(F)c1)N1CCNCC1. The number of piperazine rings is 1. The molecular weight excluding hydrogens is 307 g/mol. The fraction of sp³-hybridized carbons (Fsp3) is 0.462. The maximum absolute atomic E-state index is 13.2. The van der Waals surface area contributed by atoms with Gasteiger partial charge in [-0.3, -0.25) is 4.90 Å². The number of hydrogen-bond donors (Lipinski definition) is 1. The minimum atomic E-state index is -0.594. The van der Waals surface area contributed by atoms with Gasteiger partial charge in [0.25, 0.3) is 0 Å². The van der Waals surface area contributed by atoms with Gasteiger partial charge < -0.3 is 5.32 Å². The first-order valence-corrected chi connectivity index (χ1v) is 5.98. The van der Waals surface area contributed by atoms with E-state index in [9.17, 15) is 8.78 Å². The molecule has 20 heavy (non-hydrogen) atoms. The van der Waals surface area contributed by atoms with Gasteiger partial charge in [0.1, 0.15) is 11.6 Å². The minimum Gasteiger partial charge on any atom is -0.314 e. The van der Waals surface area contributed by atoms with Crippen molar-refractivity contribution >= 4 is 24.8 Å². The van der Waals surface area contributed by atoms with Gasteiger partial charge in [-0.25, -0.2) is 8.78 Å². The molecule has 1 aliphatic rings. The van der Waals surface area contributed by atoms with Crippen LogP contribution < -0.4 is 5.32 Å².